The van der Waals surface area contributed by atoms with Gasteiger partial charge >= 0.3 is 0 Å². The zero-order valence-corrected chi connectivity index (χ0v) is 57.5. The van der Waals surface area contributed by atoms with E-state index in [9.17, 15) is 94.9 Å². The van der Waals surface area contributed by atoms with Gasteiger partial charge in [-0.3, -0.25) is 41.5 Å². The Morgan fingerprint density at radius 2 is 1.05 bits per heavy atom. The van der Waals surface area contributed by atoms with Crippen LogP contribution in [0.3, 0.4) is 0 Å². The first-order chi connectivity index (χ1) is 45.8. The van der Waals surface area contributed by atoms with E-state index in [1.807, 2.05) is 6.07 Å². The highest BCUT2D eigenvalue weighted by molar-refractivity contribution is 7.99. The molecule has 0 saturated heterocycles. The first-order valence-electron chi connectivity index (χ1n) is 27.4. The predicted octanol–water partition coefficient (Wildman–Crippen LogP) is 11.3. The van der Waals surface area contributed by atoms with Gasteiger partial charge < -0.3 is 30.5 Å². The van der Waals surface area contributed by atoms with E-state index in [0.717, 1.165) is 86.1 Å². The summed E-state index contributed by atoms with van der Waals surface area (Å²) in [5.74, 6) is -5.70. The molecule has 518 valence electrons. The molecule has 36 nitrogen and oxygen atoms in total. The number of aromatic nitrogens is 2. The summed E-state index contributed by atoms with van der Waals surface area (Å²) in [5.41, 5.74) is -3.74. The Labute approximate surface area is 570 Å². The van der Waals surface area contributed by atoms with Crippen molar-refractivity contribution in [3.05, 3.63) is 82.4 Å². The Morgan fingerprint density at radius 1 is 0.592 bits per heavy atom. The van der Waals surface area contributed by atoms with Crippen LogP contribution in [0.2, 0.25) is 5.02 Å². The summed E-state index contributed by atoms with van der Waals surface area (Å²) in [5, 5.41) is 73.4. The third-order valence-electron chi connectivity index (χ3n) is 12.8. The number of methoxy groups -OCH3 is 1. The van der Waals surface area contributed by atoms with Gasteiger partial charge in [-0.1, -0.05) is 11.6 Å². The largest absolute Gasteiger partial charge is 0.495 e. The van der Waals surface area contributed by atoms with Crippen LogP contribution in [0.4, 0.5) is 62.6 Å². The molecule has 0 saturated carbocycles. The molecule has 0 atom stereocenters. The van der Waals surface area contributed by atoms with Crippen LogP contribution < -0.4 is 25.4 Å². The monoisotopic (exact) mass is 1510 g/mol. The highest BCUT2D eigenvalue weighted by Crippen LogP contribution is 2.47. The number of aromatic hydroxyl groups is 1. The van der Waals surface area contributed by atoms with Crippen molar-refractivity contribution in [1.82, 2.24) is 9.38 Å². The third-order valence-corrected chi connectivity index (χ3v) is 19.7. The molecule has 2 aromatic heterocycles. The fourth-order valence-electron chi connectivity index (χ4n) is 8.69. The summed E-state index contributed by atoms with van der Waals surface area (Å²) in [6.45, 7) is 4.25. The standard InChI is InChI=1S/C54H52ClN15O21S7/c1-27-32(26-57)53-61-51-44(9-10-45(90-5)52(51)98(87,88)89)70(53)54(74)50(27)69-66-41-18-35(58-28(2)71)38(21-46(41)91-11-6-14-94(75,76)77)63-67-42-20-37(60-30(4)73)40(23-48(42)93-13-8-16-96(81,82)83)65-68-43-19-36(59-29(3)72)39(22-47(43)92-12-7-15-95(78,79)80)64-62-34-24-49(97(84,85)86)33(55)17-31(34)25-56/h9-10,17-24,74H,6-8,11-16H2,1-5H3,(H,58,71)(H,59,72)(H,60,73)(H,75,76,77)(H,78,79,80)(H,81,82,83)(H,84,85,86)(H,87,88,89). The Morgan fingerprint density at radius 3 is 1.50 bits per heavy atom. The lowest BCUT2D eigenvalue weighted by Gasteiger charge is -2.14. The summed E-state index contributed by atoms with van der Waals surface area (Å²) in [6.07, 6.45) is -0.634. The number of hydrogen-bond acceptors (Lipinski definition) is 29. The van der Waals surface area contributed by atoms with Gasteiger partial charge in [-0.15, -0.1) is 64.4 Å². The van der Waals surface area contributed by atoms with Crippen LogP contribution in [0, 0.1) is 29.6 Å². The van der Waals surface area contributed by atoms with Gasteiger partial charge in [0, 0.05) is 42.2 Å². The second-order valence-electron chi connectivity index (χ2n) is 20.2. The van der Waals surface area contributed by atoms with Crippen molar-refractivity contribution in [2.45, 2.75) is 66.5 Å². The lowest BCUT2D eigenvalue weighted by molar-refractivity contribution is -0.115. The van der Waals surface area contributed by atoms with Crippen molar-refractivity contribution in [3.63, 3.8) is 0 Å². The van der Waals surface area contributed by atoms with Crippen molar-refractivity contribution >= 4 is 183 Å². The van der Waals surface area contributed by atoms with Gasteiger partial charge in [0.05, 0.1) is 64.1 Å². The maximum atomic E-state index is 12.9. The van der Waals surface area contributed by atoms with E-state index in [4.69, 9.17) is 21.1 Å². The number of thioether (sulfide) groups is 2. The Kier molecular flexibility index (Phi) is 24.5. The van der Waals surface area contributed by atoms with Crippen LogP contribution in [0.1, 0.15) is 56.7 Å². The highest BCUT2D eigenvalue weighted by Gasteiger charge is 2.29. The number of nitriles is 2. The lowest BCUT2D eigenvalue weighted by atomic mass is 10.1. The van der Waals surface area contributed by atoms with Crippen LogP contribution in [0.5, 0.6) is 17.4 Å². The van der Waals surface area contributed by atoms with Gasteiger partial charge in [-0.25, -0.2) is 4.98 Å². The average molecular weight is 1510 g/mol. The topological polar surface area (TPSA) is 562 Å². The van der Waals surface area contributed by atoms with E-state index in [1.165, 1.54) is 37.3 Å². The Bertz CT molecular complexity index is 5240. The van der Waals surface area contributed by atoms with Gasteiger partial charge in [0.15, 0.2) is 16.2 Å². The maximum Gasteiger partial charge on any atom is 0.300 e. The molecule has 9 N–H and O–H groups in total. The summed E-state index contributed by atoms with van der Waals surface area (Å²) >= 11 is 7.87. The molecular weight excluding hydrogens is 1450 g/mol. The molecule has 2 heterocycles. The Balaban J connectivity index is 1.40. The predicted molar refractivity (Wildman–Crippen MR) is 355 cm³/mol. The number of carbonyl (C=O) groups is 3. The quantitative estimate of drug-likeness (QED) is 0.00910. The van der Waals surface area contributed by atoms with Crippen LogP contribution in [-0.4, -0.2) is 140 Å². The number of azo groups is 4. The zero-order valence-electron chi connectivity index (χ0n) is 51.0. The van der Waals surface area contributed by atoms with E-state index in [2.05, 4.69) is 61.8 Å². The molecule has 0 aliphatic rings. The van der Waals surface area contributed by atoms with Crippen molar-refractivity contribution in [2.24, 2.45) is 40.9 Å². The number of hydrogen-bond donors (Lipinski definition) is 9. The van der Waals surface area contributed by atoms with Gasteiger partial charge in [0.2, 0.25) is 23.6 Å². The van der Waals surface area contributed by atoms with Gasteiger partial charge in [-0.2, -0.15) is 52.6 Å². The fourth-order valence-corrected chi connectivity index (χ4v) is 14.3. The van der Waals surface area contributed by atoms with Crippen molar-refractivity contribution < 1.29 is 93.8 Å². The second kappa shape index (κ2) is 31.5. The Hall–Kier alpha value is -9.22. The smallest absolute Gasteiger partial charge is 0.300 e. The highest BCUT2D eigenvalue weighted by atomic mass is 35.5. The van der Waals surface area contributed by atoms with Crippen LogP contribution in [0.25, 0.3) is 16.7 Å². The first kappa shape index (κ1) is 76.2. The van der Waals surface area contributed by atoms with E-state index >= 15 is 0 Å². The summed E-state index contributed by atoms with van der Waals surface area (Å²) < 4.78 is 180. The fraction of sp³-hybridized carbons (Fsp3) is 0.259. The number of nitrogens with one attached hydrogen (secondary N) is 3. The van der Waals surface area contributed by atoms with Gasteiger partial charge in [0.25, 0.3) is 50.6 Å². The number of anilines is 3. The van der Waals surface area contributed by atoms with E-state index in [-0.39, 0.29) is 131 Å². The number of rotatable bonds is 29. The second-order valence-corrected chi connectivity index (χ2v) is 30.3. The molecule has 5 aromatic carbocycles. The zero-order chi connectivity index (χ0) is 72.4. The molecule has 0 fully saturated rings. The number of imidazole rings is 1. The molecular formula is C54H52ClN15O21S7. The SMILES string of the molecule is COc1ccc2c(nc3c(C#N)c(C)c(N=Nc4cc(NC(C)=O)c(N=Nc5cc(NC(C)=O)c(N=Nc6cc(NC(C)=O)c(N=Nc7cc(S(=O)(=O)O)c(Cl)cc7C#N)cc6SCCCS(=O)(=O)O)cc5SCCCS(=O)(=O)O)cc4OCCCS(=O)(=O)O)c(O)n32)c1S(=O)(=O)O. The van der Waals surface area contributed by atoms with Crippen molar-refractivity contribution in [3.8, 4) is 29.5 Å². The normalized spacial score (nSPS) is 12.5. The number of fused-ring (bicyclic) bond motifs is 3. The minimum absolute atomic E-state index is 0.0375. The molecule has 3 amide bonds. The molecule has 0 radical (unpaired) electrons. The van der Waals surface area contributed by atoms with Gasteiger partial charge in [0.1, 0.15) is 79.4 Å². The number of amides is 3. The molecule has 0 bridgehead atoms. The van der Waals surface area contributed by atoms with Crippen LogP contribution in [0.15, 0.2) is 121 Å². The number of halogens is 1. The van der Waals surface area contributed by atoms with Gasteiger partial charge in [-0.05, 0) is 92.3 Å². The van der Waals surface area contributed by atoms with E-state index in [1.54, 1.807) is 6.07 Å². The number of ether oxygens (including phenoxy) is 2. The molecule has 0 spiro atoms. The summed E-state index contributed by atoms with van der Waals surface area (Å²) in [4.78, 5) is 41.4. The molecule has 44 heteroatoms. The summed E-state index contributed by atoms with van der Waals surface area (Å²) in [7, 11) is -22.3. The molecule has 98 heavy (non-hydrogen) atoms. The minimum atomic E-state index is -5.05. The maximum absolute atomic E-state index is 12.9. The molecule has 0 aliphatic carbocycles. The molecule has 7 rings (SSSR count). The minimum Gasteiger partial charge on any atom is -0.495 e. The van der Waals surface area contributed by atoms with Crippen LogP contribution >= 0.6 is 35.1 Å². The lowest BCUT2D eigenvalue weighted by Crippen LogP contribution is -2.09. The number of pyridine rings is 1. The third kappa shape index (κ3) is 20.2. The number of benzene rings is 5. The number of nitrogens with zero attached hydrogens (tertiary/aromatic N) is 12. The molecule has 0 aliphatic heterocycles. The molecule has 0 unspecified atom stereocenters. The van der Waals surface area contributed by atoms with Crippen molar-refractivity contribution in [1.29, 1.82) is 10.5 Å². The number of carbonyl (C=O) groups excluding carboxylic acids is 3. The van der Waals surface area contributed by atoms with Crippen molar-refractivity contribution in [2.75, 3.05) is 58.4 Å². The first-order valence-corrected chi connectivity index (χ1v) is 37.5. The van der Waals surface area contributed by atoms with E-state index < -0.39 is 130 Å². The molecule has 7 aromatic rings. The average Bonchev–Trinajstić information content (AvgIpc) is 1.57. The van der Waals surface area contributed by atoms with E-state index in [0.29, 0.717) is 0 Å². The van der Waals surface area contributed by atoms with Crippen LogP contribution in [-0.2, 0) is 65.0 Å². The summed E-state index contributed by atoms with van der Waals surface area (Å²) in [6, 6.07) is 15.2.